The van der Waals surface area contributed by atoms with Crippen LogP contribution in [0.4, 0.5) is 4.79 Å². The van der Waals surface area contributed by atoms with Crippen LogP contribution in [0.15, 0.2) is 24.3 Å². The molecule has 0 bridgehead atoms. The predicted octanol–water partition coefficient (Wildman–Crippen LogP) is 2.79. The van der Waals surface area contributed by atoms with Crippen LogP contribution in [0.25, 0.3) is 0 Å². The van der Waals surface area contributed by atoms with Crippen molar-refractivity contribution in [1.82, 2.24) is 9.80 Å². The van der Waals surface area contributed by atoms with Gasteiger partial charge in [0.25, 0.3) is 5.91 Å². The molecular formula is C21H30N2O5. The number of carbonyl (C=O) groups is 2. The van der Waals surface area contributed by atoms with Gasteiger partial charge in [-0.25, -0.2) is 4.79 Å². The average Bonchev–Trinajstić information content (AvgIpc) is 3.24. The fraction of sp³-hybridized carbons (Fsp3) is 0.619. The van der Waals surface area contributed by atoms with Gasteiger partial charge in [0.1, 0.15) is 12.4 Å². The van der Waals surface area contributed by atoms with Crippen LogP contribution in [0.1, 0.15) is 37.0 Å². The zero-order valence-electron chi connectivity index (χ0n) is 16.8. The SMILES string of the molecule is CC(C)COC(=O)N1CCN(C(=O)c2ccc(OCC3CCCO3)cc2)CC1. The van der Waals surface area contributed by atoms with Crippen molar-refractivity contribution in [3.63, 3.8) is 0 Å². The Morgan fingerprint density at radius 1 is 1.11 bits per heavy atom. The highest BCUT2D eigenvalue weighted by molar-refractivity contribution is 5.94. The van der Waals surface area contributed by atoms with E-state index in [4.69, 9.17) is 14.2 Å². The minimum Gasteiger partial charge on any atom is -0.491 e. The van der Waals surface area contributed by atoms with Gasteiger partial charge in [-0.3, -0.25) is 4.79 Å². The fourth-order valence-corrected chi connectivity index (χ4v) is 3.26. The third-order valence-electron chi connectivity index (χ3n) is 4.93. The van der Waals surface area contributed by atoms with E-state index in [-0.39, 0.29) is 18.1 Å². The van der Waals surface area contributed by atoms with Crippen LogP contribution in [0.3, 0.4) is 0 Å². The van der Waals surface area contributed by atoms with Crippen LogP contribution in [0, 0.1) is 5.92 Å². The van der Waals surface area contributed by atoms with Crippen molar-refractivity contribution in [2.75, 3.05) is 46.0 Å². The molecule has 1 aromatic carbocycles. The van der Waals surface area contributed by atoms with Crippen LogP contribution in [-0.4, -0.2) is 73.9 Å². The molecule has 7 heteroatoms. The first kappa shape index (κ1) is 20.5. The number of amides is 2. The quantitative estimate of drug-likeness (QED) is 0.747. The van der Waals surface area contributed by atoms with E-state index in [9.17, 15) is 9.59 Å². The zero-order chi connectivity index (χ0) is 19.9. The normalized spacial score (nSPS) is 19.8. The molecule has 1 aromatic rings. The number of carbonyl (C=O) groups excluding carboxylic acids is 2. The minimum absolute atomic E-state index is 0.0270. The largest absolute Gasteiger partial charge is 0.491 e. The Morgan fingerprint density at radius 3 is 2.39 bits per heavy atom. The van der Waals surface area contributed by atoms with E-state index < -0.39 is 0 Å². The molecule has 0 aromatic heterocycles. The summed E-state index contributed by atoms with van der Waals surface area (Å²) in [6, 6.07) is 7.22. The lowest BCUT2D eigenvalue weighted by atomic mass is 10.1. The summed E-state index contributed by atoms with van der Waals surface area (Å²) < 4.78 is 16.5. The van der Waals surface area contributed by atoms with Gasteiger partial charge in [-0.15, -0.1) is 0 Å². The molecule has 2 heterocycles. The molecule has 2 amide bonds. The third kappa shape index (κ3) is 5.61. The van der Waals surface area contributed by atoms with Gasteiger partial charge >= 0.3 is 6.09 Å². The van der Waals surface area contributed by atoms with Gasteiger partial charge in [0.2, 0.25) is 0 Å². The van der Waals surface area contributed by atoms with E-state index in [0.717, 1.165) is 25.2 Å². The van der Waals surface area contributed by atoms with E-state index in [1.54, 1.807) is 21.9 Å². The Balaban J connectivity index is 1.44. The molecule has 2 saturated heterocycles. The first-order valence-electron chi connectivity index (χ1n) is 10.1. The van der Waals surface area contributed by atoms with E-state index in [1.165, 1.54) is 0 Å². The van der Waals surface area contributed by atoms with Gasteiger partial charge in [0, 0.05) is 38.3 Å². The van der Waals surface area contributed by atoms with Gasteiger partial charge in [-0.1, -0.05) is 13.8 Å². The number of piperazine rings is 1. The number of rotatable bonds is 6. The average molecular weight is 390 g/mol. The summed E-state index contributed by atoms with van der Waals surface area (Å²) in [5.41, 5.74) is 0.625. The van der Waals surface area contributed by atoms with E-state index >= 15 is 0 Å². The molecule has 0 saturated carbocycles. The lowest BCUT2D eigenvalue weighted by molar-refractivity contribution is 0.0535. The minimum atomic E-state index is -0.298. The molecule has 2 fully saturated rings. The van der Waals surface area contributed by atoms with Gasteiger partial charge < -0.3 is 24.0 Å². The smallest absolute Gasteiger partial charge is 0.409 e. The maximum atomic E-state index is 12.7. The van der Waals surface area contributed by atoms with Gasteiger partial charge in [-0.05, 0) is 43.0 Å². The van der Waals surface area contributed by atoms with Gasteiger partial charge in [0.15, 0.2) is 0 Å². The first-order chi connectivity index (χ1) is 13.5. The van der Waals surface area contributed by atoms with Crippen LogP contribution in [-0.2, 0) is 9.47 Å². The van der Waals surface area contributed by atoms with E-state index in [1.807, 2.05) is 26.0 Å². The molecule has 0 aliphatic carbocycles. The van der Waals surface area contributed by atoms with Crippen LogP contribution in [0.2, 0.25) is 0 Å². The van der Waals surface area contributed by atoms with Crippen molar-refractivity contribution >= 4 is 12.0 Å². The highest BCUT2D eigenvalue weighted by Crippen LogP contribution is 2.18. The second kappa shape index (κ2) is 9.78. The molecule has 154 valence electrons. The summed E-state index contributed by atoms with van der Waals surface area (Å²) in [5, 5.41) is 0. The lowest BCUT2D eigenvalue weighted by Crippen LogP contribution is -2.50. The summed E-state index contributed by atoms with van der Waals surface area (Å²) in [6.45, 7) is 7.77. The van der Waals surface area contributed by atoms with E-state index in [0.29, 0.717) is 50.9 Å². The van der Waals surface area contributed by atoms with Crippen LogP contribution in [0.5, 0.6) is 5.75 Å². The molecule has 0 N–H and O–H groups in total. The van der Waals surface area contributed by atoms with Gasteiger partial charge in [-0.2, -0.15) is 0 Å². The highest BCUT2D eigenvalue weighted by atomic mass is 16.6. The summed E-state index contributed by atoms with van der Waals surface area (Å²) in [5.74, 6) is 1.02. The monoisotopic (exact) mass is 390 g/mol. The maximum absolute atomic E-state index is 12.7. The van der Waals surface area contributed by atoms with Crippen molar-refractivity contribution < 1.29 is 23.8 Å². The number of ether oxygens (including phenoxy) is 3. The summed E-state index contributed by atoms with van der Waals surface area (Å²) >= 11 is 0. The fourth-order valence-electron chi connectivity index (χ4n) is 3.26. The van der Waals surface area contributed by atoms with Crippen molar-refractivity contribution in [2.45, 2.75) is 32.8 Å². The molecule has 0 spiro atoms. The van der Waals surface area contributed by atoms with Crippen molar-refractivity contribution in [1.29, 1.82) is 0 Å². The van der Waals surface area contributed by atoms with Crippen molar-refractivity contribution in [2.24, 2.45) is 5.92 Å². The third-order valence-corrected chi connectivity index (χ3v) is 4.93. The Labute approximate surface area is 166 Å². The zero-order valence-corrected chi connectivity index (χ0v) is 16.8. The Bertz CT molecular complexity index is 647. The maximum Gasteiger partial charge on any atom is 0.409 e. The molecule has 2 aliphatic rings. The molecule has 2 aliphatic heterocycles. The Hall–Kier alpha value is -2.28. The molecular weight excluding hydrogens is 360 g/mol. The Morgan fingerprint density at radius 2 is 1.79 bits per heavy atom. The van der Waals surface area contributed by atoms with Gasteiger partial charge in [0.05, 0.1) is 12.7 Å². The molecule has 28 heavy (non-hydrogen) atoms. The first-order valence-corrected chi connectivity index (χ1v) is 10.1. The Kier molecular flexibility index (Phi) is 7.14. The lowest BCUT2D eigenvalue weighted by Gasteiger charge is -2.34. The number of hydrogen-bond donors (Lipinski definition) is 0. The molecule has 7 nitrogen and oxygen atoms in total. The molecule has 0 radical (unpaired) electrons. The summed E-state index contributed by atoms with van der Waals surface area (Å²) in [7, 11) is 0. The summed E-state index contributed by atoms with van der Waals surface area (Å²) in [4.78, 5) is 28.2. The molecule has 1 unspecified atom stereocenters. The van der Waals surface area contributed by atoms with Crippen LogP contribution < -0.4 is 4.74 Å². The number of nitrogens with zero attached hydrogens (tertiary/aromatic N) is 2. The molecule has 1 atom stereocenters. The van der Waals surface area contributed by atoms with Crippen molar-refractivity contribution in [3.8, 4) is 5.75 Å². The number of benzene rings is 1. The predicted molar refractivity (Wildman–Crippen MR) is 105 cm³/mol. The highest BCUT2D eigenvalue weighted by Gasteiger charge is 2.26. The topological polar surface area (TPSA) is 68.3 Å². The standard InChI is InChI=1S/C21H30N2O5/c1-16(2)14-28-21(25)23-11-9-22(10-12-23)20(24)17-5-7-18(8-6-17)27-15-19-4-3-13-26-19/h5-8,16,19H,3-4,9-15H2,1-2H3. The summed E-state index contributed by atoms with van der Waals surface area (Å²) in [6.07, 6.45) is 2.00. The second-order valence-electron chi connectivity index (χ2n) is 7.72. The molecule has 3 rings (SSSR count). The second-order valence-corrected chi connectivity index (χ2v) is 7.72. The van der Waals surface area contributed by atoms with E-state index in [2.05, 4.69) is 0 Å². The van der Waals surface area contributed by atoms with Crippen molar-refractivity contribution in [3.05, 3.63) is 29.8 Å². The number of hydrogen-bond acceptors (Lipinski definition) is 5. The van der Waals surface area contributed by atoms with Crippen LogP contribution >= 0.6 is 0 Å².